The normalized spacial score (nSPS) is 16.1. The number of benzene rings is 1. The van der Waals surface area contributed by atoms with E-state index in [1.807, 2.05) is 6.07 Å². The molecule has 0 aliphatic carbocycles. The lowest BCUT2D eigenvalue weighted by Crippen LogP contribution is -2.35. The zero-order chi connectivity index (χ0) is 15.3. The third-order valence-corrected chi connectivity index (χ3v) is 4.94. The molecule has 0 bridgehead atoms. The Bertz CT molecular complexity index is 574. The average Bonchev–Trinajstić information content (AvgIpc) is 2.51. The van der Waals surface area contributed by atoms with Gasteiger partial charge in [0.05, 0.1) is 17.6 Å². The number of rotatable bonds is 7. The number of ether oxygens (including phenoxy) is 2. The zero-order valence-corrected chi connectivity index (χ0v) is 13.2. The molecule has 0 saturated heterocycles. The van der Waals surface area contributed by atoms with Crippen molar-refractivity contribution >= 4 is 15.7 Å². The molecule has 6 nitrogen and oxygen atoms in total. The standard InChI is InChI=1S/C14H22N2O4S/c1-19-10-12(20-2)9-16-21(17,18)13-6-5-11-4-3-7-15-14(11)8-13/h5-6,8,12,15-16H,3-4,7,9-10H2,1-2H3. The molecule has 0 spiro atoms. The number of anilines is 1. The fourth-order valence-electron chi connectivity index (χ4n) is 2.29. The van der Waals surface area contributed by atoms with E-state index in [1.54, 1.807) is 19.2 Å². The Kier molecular flexibility index (Phi) is 5.58. The van der Waals surface area contributed by atoms with E-state index in [9.17, 15) is 8.42 Å². The summed E-state index contributed by atoms with van der Waals surface area (Å²) in [7, 11) is -0.463. The van der Waals surface area contributed by atoms with Crippen molar-refractivity contribution in [2.24, 2.45) is 0 Å². The van der Waals surface area contributed by atoms with Gasteiger partial charge in [0, 0.05) is 33.0 Å². The Morgan fingerprint density at radius 2 is 2.19 bits per heavy atom. The lowest BCUT2D eigenvalue weighted by atomic mass is 10.0. The minimum Gasteiger partial charge on any atom is -0.385 e. The Morgan fingerprint density at radius 3 is 2.90 bits per heavy atom. The second kappa shape index (κ2) is 7.22. The summed E-state index contributed by atoms with van der Waals surface area (Å²) in [6, 6.07) is 5.21. The van der Waals surface area contributed by atoms with Gasteiger partial charge in [-0.15, -0.1) is 0 Å². The molecule has 1 atom stereocenters. The molecule has 1 aromatic carbocycles. The van der Waals surface area contributed by atoms with Crippen LogP contribution in [0.5, 0.6) is 0 Å². The van der Waals surface area contributed by atoms with Crippen LogP contribution in [0.1, 0.15) is 12.0 Å². The van der Waals surface area contributed by atoms with Crippen molar-refractivity contribution in [1.82, 2.24) is 4.72 Å². The zero-order valence-electron chi connectivity index (χ0n) is 12.4. The van der Waals surface area contributed by atoms with E-state index in [0.29, 0.717) is 6.61 Å². The van der Waals surface area contributed by atoms with Gasteiger partial charge in [-0.2, -0.15) is 0 Å². The highest BCUT2D eigenvalue weighted by molar-refractivity contribution is 7.89. The molecule has 0 radical (unpaired) electrons. The highest BCUT2D eigenvalue weighted by Crippen LogP contribution is 2.25. The molecule has 0 aromatic heterocycles. The van der Waals surface area contributed by atoms with Gasteiger partial charge in [-0.1, -0.05) is 6.07 Å². The number of hydrogen-bond donors (Lipinski definition) is 2. The molecule has 118 valence electrons. The van der Waals surface area contributed by atoms with Crippen LogP contribution >= 0.6 is 0 Å². The van der Waals surface area contributed by atoms with Crippen molar-refractivity contribution in [3.63, 3.8) is 0 Å². The summed E-state index contributed by atoms with van der Waals surface area (Å²) in [5, 5.41) is 3.23. The molecular formula is C14H22N2O4S. The molecule has 2 rings (SSSR count). The maximum atomic E-state index is 12.3. The van der Waals surface area contributed by atoms with Crippen LogP contribution in [-0.2, 0) is 25.9 Å². The van der Waals surface area contributed by atoms with E-state index in [2.05, 4.69) is 10.0 Å². The third kappa shape index (κ3) is 4.16. The molecule has 7 heteroatoms. The first-order valence-corrected chi connectivity index (χ1v) is 8.43. The minimum atomic E-state index is -3.54. The molecule has 1 aliphatic rings. The summed E-state index contributed by atoms with van der Waals surface area (Å²) in [6.07, 6.45) is 1.75. The van der Waals surface area contributed by atoms with Gasteiger partial charge >= 0.3 is 0 Å². The monoisotopic (exact) mass is 314 g/mol. The van der Waals surface area contributed by atoms with Gasteiger partial charge in [0.15, 0.2) is 0 Å². The van der Waals surface area contributed by atoms with Crippen LogP contribution < -0.4 is 10.0 Å². The van der Waals surface area contributed by atoms with Crippen molar-refractivity contribution in [1.29, 1.82) is 0 Å². The fraction of sp³-hybridized carbons (Fsp3) is 0.571. The Morgan fingerprint density at radius 1 is 1.38 bits per heavy atom. The average molecular weight is 314 g/mol. The van der Waals surface area contributed by atoms with Crippen molar-refractivity contribution in [2.45, 2.75) is 23.8 Å². The second-order valence-electron chi connectivity index (χ2n) is 5.01. The minimum absolute atomic E-state index is 0.178. The summed E-state index contributed by atoms with van der Waals surface area (Å²) in [4.78, 5) is 0.267. The largest absolute Gasteiger partial charge is 0.385 e. The Balaban J connectivity index is 2.08. The molecule has 1 unspecified atom stereocenters. The molecule has 2 N–H and O–H groups in total. The second-order valence-corrected chi connectivity index (χ2v) is 6.78. The lowest BCUT2D eigenvalue weighted by Gasteiger charge is -2.19. The molecule has 21 heavy (non-hydrogen) atoms. The van der Waals surface area contributed by atoms with Crippen LogP contribution in [0, 0.1) is 0 Å². The predicted octanol–water partition coefficient (Wildman–Crippen LogP) is 0.984. The van der Waals surface area contributed by atoms with Crippen LogP contribution in [0.2, 0.25) is 0 Å². The summed E-state index contributed by atoms with van der Waals surface area (Å²) in [5.41, 5.74) is 2.07. The number of aryl methyl sites for hydroxylation is 1. The van der Waals surface area contributed by atoms with Gasteiger partial charge in [-0.25, -0.2) is 13.1 Å². The topological polar surface area (TPSA) is 76.7 Å². The van der Waals surface area contributed by atoms with Crippen molar-refractivity contribution < 1.29 is 17.9 Å². The Labute approximate surface area is 125 Å². The molecule has 0 fully saturated rings. The summed E-state index contributed by atoms with van der Waals surface area (Å²) >= 11 is 0. The molecule has 0 saturated carbocycles. The quantitative estimate of drug-likeness (QED) is 0.785. The van der Waals surface area contributed by atoms with Crippen LogP contribution in [0.15, 0.2) is 23.1 Å². The van der Waals surface area contributed by atoms with Gasteiger partial charge in [0.1, 0.15) is 0 Å². The molecule has 1 aliphatic heterocycles. The number of sulfonamides is 1. The van der Waals surface area contributed by atoms with Crippen LogP contribution in [-0.4, -0.2) is 48.4 Å². The van der Waals surface area contributed by atoms with Gasteiger partial charge in [-0.3, -0.25) is 0 Å². The first kappa shape index (κ1) is 16.2. The van der Waals surface area contributed by atoms with Crippen LogP contribution in [0.25, 0.3) is 0 Å². The van der Waals surface area contributed by atoms with E-state index in [-0.39, 0.29) is 17.5 Å². The summed E-state index contributed by atoms with van der Waals surface area (Å²) in [5.74, 6) is 0. The van der Waals surface area contributed by atoms with Crippen LogP contribution in [0.3, 0.4) is 0 Å². The van der Waals surface area contributed by atoms with Gasteiger partial charge in [0.2, 0.25) is 10.0 Å². The maximum Gasteiger partial charge on any atom is 0.240 e. The SMILES string of the molecule is COCC(CNS(=O)(=O)c1ccc2c(c1)NCCC2)OC. The highest BCUT2D eigenvalue weighted by Gasteiger charge is 2.19. The lowest BCUT2D eigenvalue weighted by molar-refractivity contribution is 0.0320. The summed E-state index contributed by atoms with van der Waals surface area (Å²) < 4.78 is 37.3. The smallest absolute Gasteiger partial charge is 0.240 e. The van der Waals surface area contributed by atoms with E-state index >= 15 is 0 Å². The van der Waals surface area contributed by atoms with Crippen molar-refractivity contribution in [3.8, 4) is 0 Å². The highest BCUT2D eigenvalue weighted by atomic mass is 32.2. The van der Waals surface area contributed by atoms with Crippen LogP contribution in [0.4, 0.5) is 5.69 Å². The van der Waals surface area contributed by atoms with Crippen molar-refractivity contribution in [3.05, 3.63) is 23.8 Å². The van der Waals surface area contributed by atoms with E-state index in [4.69, 9.17) is 9.47 Å². The van der Waals surface area contributed by atoms with Crippen molar-refractivity contribution in [2.75, 3.05) is 39.2 Å². The number of nitrogens with one attached hydrogen (secondary N) is 2. The third-order valence-electron chi connectivity index (χ3n) is 3.52. The maximum absolute atomic E-state index is 12.3. The Hall–Kier alpha value is -1.15. The van der Waals surface area contributed by atoms with Gasteiger partial charge in [-0.05, 0) is 30.5 Å². The first-order chi connectivity index (χ1) is 10.1. The first-order valence-electron chi connectivity index (χ1n) is 6.95. The van der Waals surface area contributed by atoms with Gasteiger partial charge in [0.25, 0.3) is 0 Å². The number of methoxy groups -OCH3 is 2. The number of fused-ring (bicyclic) bond motifs is 1. The fourth-order valence-corrected chi connectivity index (χ4v) is 3.38. The van der Waals surface area contributed by atoms with E-state index in [0.717, 1.165) is 30.6 Å². The predicted molar refractivity (Wildman–Crippen MR) is 81.1 cm³/mol. The van der Waals surface area contributed by atoms with E-state index in [1.165, 1.54) is 7.11 Å². The van der Waals surface area contributed by atoms with E-state index < -0.39 is 10.0 Å². The molecule has 1 aromatic rings. The van der Waals surface area contributed by atoms with Gasteiger partial charge < -0.3 is 14.8 Å². The molecule has 1 heterocycles. The number of hydrogen-bond acceptors (Lipinski definition) is 5. The molecule has 0 amide bonds. The summed E-state index contributed by atoms with van der Waals surface area (Å²) in [6.45, 7) is 1.39. The molecular weight excluding hydrogens is 292 g/mol.